The van der Waals surface area contributed by atoms with Gasteiger partial charge in [0.15, 0.2) is 11.5 Å². The number of halogens is 5. The molecule has 2 amide bonds. The summed E-state index contributed by atoms with van der Waals surface area (Å²) in [5.41, 5.74) is -1.78. The monoisotopic (exact) mass is 561 g/mol. The Morgan fingerprint density at radius 2 is 1.82 bits per heavy atom. The molecule has 0 bridgehead atoms. The summed E-state index contributed by atoms with van der Waals surface area (Å²) in [6.07, 6.45) is -1.52. The zero-order valence-corrected chi connectivity index (χ0v) is 21.3. The highest BCUT2D eigenvalue weighted by Crippen LogP contribution is 2.37. The summed E-state index contributed by atoms with van der Waals surface area (Å²) in [6.45, 7) is 1.89. The molecule has 1 unspecified atom stereocenters. The standard InChI is InChI=1S/C26H20Cl2F3N5O2/c1-13(14-8-9-14)33-24(37)17-11-15-5-2-3-6-16(15)21(28)22(17)34-25(38)19-12-20(26(29,30)31)35-36(19)23-18(27)7-4-10-32-23/h2-7,10-14H,8-9H2,1H3,(H,33,37)(H,34,38). The zero-order chi connectivity index (χ0) is 27.2. The minimum Gasteiger partial charge on any atom is -0.349 e. The molecule has 0 saturated heterocycles. The van der Waals surface area contributed by atoms with Crippen molar-refractivity contribution in [1.82, 2.24) is 20.1 Å². The second-order valence-electron chi connectivity index (χ2n) is 9.02. The Morgan fingerprint density at radius 1 is 1.08 bits per heavy atom. The fourth-order valence-corrected chi connectivity index (χ4v) is 4.68. The second kappa shape index (κ2) is 9.92. The number of benzene rings is 2. The molecule has 5 rings (SSSR count). The van der Waals surface area contributed by atoms with Gasteiger partial charge in [0.1, 0.15) is 5.69 Å². The van der Waals surface area contributed by atoms with Crippen molar-refractivity contribution in [3.63, 3.8) is 0 Å². The van der Waals surface area contributed by atoms with Crippen molar-refractivity contribution in [2.45, 2.75) is 32.0 Å². The van der Waals surface area contributed by atoms with Gasteiger partial charge in [0.05, 0.1) is 21.3 Å². The van der Waals surface area contributed by atoms with Crippen LogP contribution in [0.3, 0.4) is 0 Å². The molecule has 7 nitrogen and oxygen atoms in total. The minimum atomic E-state index is -4.84. The molecule has 2 N–H and O–H groups in total. The van der Waals surface area contributed by atoms with E-state index in [9.17, 15) is 22.8 Å². The number of nitrogens with zero attached hydrogens (tertiary/aromatic N) is 3. The average Bonchev–Trinajstić information content (AvgIpc) is 3.63. The molecule has 1 saturated carbocycles. The molecule has 0 radical (unpaired) electrons. The number of hydrogen-bond acceptors (Lipinski definition) is 4. The summed E-state index contributed by atoms with van der Waals surface area (Å²) in [5, 5.41) is 10.3. The van der Waals surface area contributed by atoms with E-state index in [1.807, 2.05) is 6.92 Å². The molecule has 38 heavy (non-hydrogen) atoms. The zero-order valence-electron chi connectivity index (χ0n) is 19.8. The second-order valence-corrected chi connectivity index (χ2v) is 9.81. The van der Waals surface area contributed by atoms with Crippen LogP contribution >= 0.6 is 23.2 Å². The number of aromatic nitrogens is 3. The first kappa shape index (κ1) is 26.0. The number of pyridine rings is 1. The SMILES string of the molecule is CC(NC(=O)c1cc2ccccc2c(Cl)c1NC(=O)c1cc(C(F)(F)F)nn1-c1ncccc1Cl)C1CC1. The van der Waals surface area contributed by atoms with Crippen molar-refractivity contribution in [3.8, 4) is 5.82 Å². The number of hydrogen-bond donors (Lipinski definition) is 2. The van der Waals surface area contributed by atoms with Crippen molar-refractivity contribution in [2.75, 3.05) is 5.32 Å². The van der Waals surface area contributed by atoms with Crippen LogP contribution in [-0.2, 0) is 6.18 Å². The first-order valence-electron chi connectivity index (χ1n) is 11.7. The number of alkyl halides is 3. The number of rotatable bonds is 6. The number of carbonyl (C=O) groups is 2. The lowest BCUT2D eigenvalue weighted by atomic mass is 10.0. The molecule has 2 heterocycles. The molecule has 1 aliphatic rings. The predicted octanol–water partition coefficient (Wildman–Crippen LogP) is 6.53. The maximum atomic E-state index is 13.6. The summed E-state index contributed by atoms with van der Waals surface area (Å²) in [4.78, 5) is 30.7. The fraction of sp³-hybridized carbons (Fsp3) is 0.231. The van der Waals surface area contributed by atoms with E-state index >= 15 is 0 Å². The van der Waals surface area contributed by atoms with Gasteiger partial charge < -0.3 is 10.6 Å². The Kier molecular flexibility index (Phi) is 6.79. The average molecular weight is 562 g/mol. The van der Waals surface area contributed by atoms with E-state index in [0.717, 1.165) is 12.8 Å². The number of carbonyl (C=O) groups excluding carboxylic acids is 2. The normalized spacial score (nSPS) is 14.4. The largest absolute Gasteiger partial charge is 0.435 e. The molecular formula is C26H20Cl2F3N5O2. The van der Waals surface area contributed by atoms with E-state index in [1.165, 1.54) is 18.3 Å². The van der Waals surface area contributed by atoms with Crippen molar-refractivity contribution in [2.24, 2.45) is 5.92 Å². The quantitative estimate of drug-likeness (QED) is 0.280. The van der Waals surface area contributed by atoms with Gasteiger partial charge >= 0.3 is 6.18 Å². The molecule has 0 aliphatic heterocycles. The van der Waals surface area contributed by atoms with Gasteiger partial charge in [-0.2, -0.15) is 18.3 Å². The van der Waals surface area contributed by atoms with Gasteiger partial charge in [0.25, 0.3) is 11.8 Å². The van der Waals surface area contributed by atoms with Crippen molar-refractivity contribution >= 4 is 51.5 Å². The van der Waals surface area contributed by atoms with E-state index in [0.29, 0.717) is 27.4 Å². The summed E-state index contributed by atoms with van der Waals surface area (Å²) in [5.74, 6) is -1.26. The first-order valence-corrected chi connectivity index (χ1v) is 12.4. The molecule has 12 heteroatoms. The number of nitrogens with one attached hydrogen (secondary N) is 2. The van der Waals surface area contributed by atoms with Crippen LogP contribution in [-0.4, -0.2) is 32.6 Å². The summed E-state index contributed by atoms with van der Waals surface area (Å²) >= 11 is 12.8. The summed E-state index contributed by atoms with van der Waals surface area (Å²) < 4.78 is 41.4. The third-order valence-corrected chi connectivity index (χ3v) is 7.02. The van der Waals surface area contributed by atoms with Crippen LogP contribution in [0.1, 0.15) is 46.3 Å². The predicted molar refractivity (Wildman–Crippen MR) is 138 cm³/mol. The van der Waals surface area contributed by atoms with Crippen molar-refractivity contribution in [1.29, 1.82) is 0 Å². The molecule has 196 valence electrons. The summed E-state index contributed by atoms with van der Waals surface area (Å²) in [6, 6.07) is 12.0. The van der Waals surface area contributed by atoms with Gasteiger partial charge in [-0.25, -0.2) is 9.67 Å². The highest BCUT2D eigenvalue weighted by Gasteiger charge is 2.37. The number of anilines is 1. The van der Waals surface area contributed by atoms with E-state index in [-0.39, 0.29) is 33.2 Å². The third kappa shape index (κ3) is 5.06. The Bertz CT molecular complexity index is 1570. The number of fused-ring (bicyclic) bond motifs is 1. The number of amides is 2. The molecule has 1 fully saturated rings. The first-order chi connectivity index (χ1) is 18.0. The fourth-order valence-electron chi connectivity index (χ4n) is 4.16. The van der Waals surface area contributed by atoms with Gasteiger partial charge in [-0.3, -0.25) is 9.59 Å². The Balaban J connectivity index is 1.60. The van der Waals surface area contributed by atoms with Crippen LogP contribution in [0.4, 0.5) is 18.9 Å². The lowest BCUT2D eigenvalue weighted by molar-refractivity contribution is -0.141. The van der Waals surface area contributed by atoms with E-state index in [2.05, 4.69) is 20.7 Å². The maximum absolute atomic E-state index is 13.6. The van der Waals surface area contributed by atoms with Gasteiger partial charge in [-0.15, -0.1) is 0 Å². The van der Waals surface area contributed by atoms with E-state index in [1.54, 1.807) is 30.3 Å². The van der Waals surface area contributed by atoms with Crippen LogP contribution in [0.5, 0.6) is 0 Å². The van der Waals surface area contributed by atoms with Gasteiger partial charge in [-0.1, -0.05) is 47.5 Å². The Hall–Kier alpha value is -3.63. The topological polar surface area (TPSA) is 88.9 Å². The van der Waals surface area contributed by atoms with Crippen LogP contribution < -0.4 is 10.6 Å². The van der Waals surface area contributed by atoms with Crippen LogP contribution in [0, 0.1) is 5.92 Å². The Morgan fingerprint density at radius 3 is 2.50 bits per heavy atom. The van der Waals surface area contributed by atoms with E-state index in [4.69, 9.17) is 23.2 Å². The smallest absolute Gasteiger partial charge is 0.349 e. The van der Waals surface area contributed by atoms with Crippen LogP contribution in [0.25, 0.3) is 16.6 Å². The third-order valence-electron chi connectivity index (χ3n) is 6.33. The highest BCUT2D eigenvalue weighted by molar-refractivity contribution is 6.40. The highest BCUT2D eigenvalue weighted by atomic mass is 35.5. The molecule has 2 aromatic heterocycles. The van der Waals surface area contributed by atoms with Crippen molar-refractivity contribution in [3.05, 3.63) is 81.7 Å². The lowest BCUT2D eigenvalue weighted by Crippen LogP contribution is -2.34. The molecule has 2 aromatic carbocycles. The van der Waals surface area contributed by atoms with Crippen LogP contribution in [0.2, 0.25) is 10.0 Å². The maximum Gasteiger partial charge on any atom is 0.435 e. The molecule has 4 aromatic rings. The van der Waals surface area contributed by atoms with Crippen LogP contribution in [0.15, 0.2) is 54.7 Å². The molecular weight excluding hydrogens is 542 g/mol. The van der Waals surface area contributed by atoms with Gasteiger partial charge in [-0.05, 0) is 49.3 Å². The molecule has 1 aliphatic carbocycles. The molecule has 1 atom stereocenters. The summed E-state index contributed by atoms with van der Waals surface area (Å²) in [7, 11) is 0. The van der Waals surface area contributed by atoms with Gasteiger partial charge in [0, 0.05) is 23.7 Å². The Labute approximate surface area is 224 Å². The van der Waals surface area contributed by atoms with Gasteiger partial charge in [0.2, 0.25) is 0 Å². The van der Waals surface area contributed by atoms with E-state index < -0.39 is 29.4 Å². The van der Waals surface area contributed by atoms with Crippen molar-refractivity contribution < 1.29 is 22.8 Å². The minimum absolute atomic E-state index is 0.0174. The molecule has 0 spiro atoms. The lowest BCUT2D eigenvalue weighted by Gasteiger charge is -2.18.